The molecule has 0 aliphatic heterocycles. The van der Waals surface area contributed by atoms with E-state index >= 15 is 0 Å². The lowest BCUT2D eigenvalue weighted by Gasteiger charge is -2.17. The van der Waals surface area contributed by atoms with Crippen molar-refractivity contribution in [2.24, 2.45) is 0 Å². The van der Waals surface area contributed by atoms with Crippen LogP contribution in [0.2, 0.25) is 0 Å². The van der Waals surface area contributed by atoms with Crippen molar-refractivity contribution >= 4 is 17.2 Å². The fraction of sp³-hybridized carbons (Fsp3) is 0.150. The highest BCUT2D eigenvalue weighted by Crippen LogP contribution is 2.29. The summed E-state index contributed by atoms with van der Waals surface area (Å²) in [6.07, 6.45) is 0. The van der Waals surface area contributed by atoms with Crippen molar-refractivity contribution in [2.45, 2.75) is 6.54 Å². The van der Waals surface area contributed by atoms with Crippen molar-refractivity contribution in [1.29, 1.82) is 0 Å². The van der Waals surface area contributed by atoms with Crippen LogP contribution in [-0.2, 0) is 6.54 Å². The van der Waals surface area contributed by atoms with E-state index < -0.39 is 0 Å². The monoisotopic (exact) mass is 337 g/mol. The molecule has 0 saturated heterocycles. The van der Waals surface area contributed by atoms with Crippen LogP contribution < -0.4 is 4.74 Å². The van der Waals surface area contributed by atoms with E-state index in [9.17, 15) is 4.79 Å². The first-order chi connectivity index (χ1) is 11.7. The van der Waals surface area contributed by atoms with Crippen molar-refractivity contribution in [3.8, 4) is 16.9 Å². The fourth-order valence-corrected chi connectivity index (χ4v) is 3.48. The summed E-state index contributed by atoms with van der Waals surface area (Å²) in [6.45, 7) is 0.564. The molecule has 0 bridgehead atoms. The van der Waals surface area contributed by atoms with Crippen LogP contribution >= 0.6 is 11.3 Å². The standard InChI is InChI=1S/C20H19NO2S/c1-21(14-15-8-10-17(23-2)11-9-15)20(22)19-18(12-13-24-19)16-6-4-3-5-7-16/h3-13H,14H2,1-2H3. The van der Waals surface area contributed by atoms with Gasteiger partial charge in [0.1, 0.15) is 5.75 Å². The van der Waals surface area contributed by atoms with E-state index in [1.807, 2.05) is 73.1 Å². The highest BCUT2D eigenvalue weighted by Gasteiger charge is 2.18. The van der Waals surface area contributed by atoms with E-state index in [2.05, 4.69) is 0 Å². The van der Waals surface area contributed by atoms with E-state index in [1.165, 1.54) is 11.3 Å². The number of amides is 1. The molecule has 0 aliphatic carbocycles. The SMILES string of the molecule is COc1ccc(CN(C)C(=O)c2sccc2-c2ccccc2)cc1. The molecule has 0 radical (unpaired) electrons. The largest absolute Gasteiger partial charge is 0.497 e. The molecule has 0 spiro atoms. The van der Waals surface area contributed by atoms with Gasteiger partial charge in [0.05, 0.1) is 12.0 Å². The molecule has 1 heterocycles. The van der Waals surface area contributed by atoms with Crippen LogP contribution in [-0.4, -0.2) is 25.0 Å². The lowest BCUT2D eigenvalue weighted by Crippen LogP contribution is -2.25. The van der Waals surface area contributed by atoms with Crippen molar-refractivity contribution < 1.29 is 9.53 Å². The first-order valence-electron chi connectivity index (χ1n) is 7.70. The average molecular weight is 337 g/mol. The Morgan fingerprint density at radius 2 is 1.75 bits per heavy atom. The van der Waals surface area contributed by atoms with Gasteiger partial charge >= 0.3 is 0 Å². The Bertz CT molecular complexity index is 809. The first kappa shape index (κ1) is 16.3. The Balaban J connectivity index is 1.78. The minimum atomic E-state index is 0.0414. The zero-order valence-electron chi connectivity index (χ0n) is 13.7. The van der Waals surface area contributed by atoms with Gasteiger partial charge in [0.2, 0.25) is 0 Å². The van der Waals surface area contributed by atoms with Gasteiger partial charge in [-0.15, -0.1) is 11.3 Å². The predicted octanol–water partition coefficient (Wildman–Crippen LogP) is 4.70. The zero-order chi connectivity index (χ0) is 16.9. The lowest BCUT2D eigenvalue weighted by molar-refractivity contribution is 0.0790. The Hall–Kier alpha value is -2.59. The van der Waals surface area contributed by atoms with E-state index in [1.54, 1.807) is 12.0 Å². The molecule has 3 aromatic rings. The summed E-state index contributed by atoms with van der Waals surface area (Å²) in [7, 11) is 3.48. The molecule has 3 rings (SSSR count). The van der Waals surface area contributed by atoms with Gasteiger partial charge in [0, 0.05) is 19.2 Å². The maximum absolute atomic E-state index is 12.8. The third-order valence-corrected chi connectivity index (χ3v) is 4.77. The molecule has 4 heteroatoms. The minimum absolute atomic E-state index is 0.0414. The number of carbonyl (C=O) groups excluding carboxylic acids is 1. The Labute approximate surface area is 146 Å². The third-order valence-electron chi connectivity index (χ3n) is 3.87. The Kier molecular flexibility index (Phi) is 4.96. The average Bonchev–Trinajstić information content (AvgIpc) is 3.12. The maximum Gasteiger partial charge on any atom is 0.264 e. The molecule has 0 saturated carbocycles. The van der Waals surface area contributed by atoms with Gasteiger partial charge in [0.15, 0.2) is 0 Å². The van der Waals surface area contributed by atoms with E-state index in [-0.39, 0.29) is 5.91 Å². The second-order valence-electron chi connectivity index (χ2n) is 5.54. The molecule has 3 nitrogen and oxygen atoms in total. The summed E-state index contributed by atoms with van der Waals surface area (Å²) < 4.78 is 5.17. The van der Waals surface area contributed by atoms with Crippen molar-refractivity contribution in [3.63, 3.8) is 0 Å². The van der Waals surface area contributed by atoms with E-state index in [0.717, 1.165) is 27.3 Å². The van der Waals surface area contributed by atoms with Crippen molar-refractivity contribution in [1.82, 2.24) is 4.90 Å². The molecular weight excluding hydrogens is 318 g/mol. The van der Waals surface area contributed by atoms with E-state index in [4.69, 9.17) is 4.74 Å². The normalized spacial score (nSPS) is 10.4. The van der Waals surface area contributed by atoms with Gasteiger partial charge in [-0.05, 0) is 34.7 Å². The number of rotatable bonds is 5. The second-order valence-corrected chi connectivity index (χ2v) is 6.45. The molecule has 24 heavy (non-hydrogen) atoms. The second kappa shape index (κ2) is 7.32. The number of methoxy groups -OCH3 is 1. The number of benzene rings is 2. The number of hydrogen-bond acceptors (Lipinski definition) is 3. The van der Waals surface area contributed by atoms with Crippen molar-refractivity contribution in [3.05, 3.63) is 76.5 Å². The molecule has 1 aromatic heterocycles. The summed E-state index contributed by atoms with van der Waals surface area (Å²) >= 11 is 1.49. The number of nitrogens with zero attached hydrogens (tertiary/aromatic N) is 1. The fourth-order valence-electron chi connectivity index (χ4n) is 2.57. The molecule has 0 N–H and O–H groups in total. The van der Waals surface area contributed by atoms with Gasteiger partial charge in [-0.2, -0.15) is 0 Å². The van der Waals surface area contributed by atoms with Crippen LogP contribution in [0.3, 0.4) is 0 Å². The van der Waals surface area contributed by atoms with Gasteiger partial charge in [-0.1, -0.05) is 42.5 Å². The summed E-state index contributed by atoms with van der Waals surface area (Å²) in [4.78, 5) is 15.4. The molecule has 0 atom stereocenters. The molecule has 2 aromatic carbocycles. The zero-order valence-corrected chi connectivity index (χ0v) is 14.5. The van der Waals surface area contributed by atoms with Crippen LogP contribution in [0.1, 0.15) is 15.2 Å². The smallest absolute Gasteiger partial charge is 0.264 e. The van der Waals surface area contributed by atoms with Crippen molar-refractivity contribution in [2.75, 3.05) is 14.2 Å². The molecule has 1 amide bonds. The van der Waals surface area contributed by atoms with Crippen LogP contribution in [0.5, 0.6) is 5.75 Å². The first-order valence-corrected chi connectivity index (χ1v) is 8.58. The third kappa shape index (κ3) is 3.49. The quantitative estimate of drug-likeness (QED) is 0.675. The Morgan fingerprint density at radius 1 is 1.04 bits per heavy atom. The number of thiophene rings is 1. The van der Waals surface area contributed by atoms with Crippen LogP contribution in [0.4, 0.5) is 0 Å². The maximum atomic E-state index is 12.8. The van der Waals surface area contributed by atoms with E-state index in [0.29, 0.717) is 6.54 Å². The van der Waals surface area contributed by atoms with Gasteiger partial charge in [-0.3, -0.25) is 4.79 Å². The molecule has 0 unspecified atom stereocenters. The number of ether oxygens (including phenoxy) is 1. The summed E-state index contributed by atoms with van der Waals surface area (Å²) in [5.41, 5.74) is 3.14. The number of carbonyl (C=O) groups is 1. The summed E-state index contributed by atoms with van der Waals surface area (Å²) in [5.74, 6) is 0.858. The molecule has 0 aliphatic rings. The molecular formula is C20H19NO2S. The molecule has 122 valence electrons. The predicted molar refractivity (Wildman–Crippen MR) is 98.5 cm³/mol. The minimum Gasteiger partial charge on any atom is -0.497 e. The van der Waals surface area contributed by atoms with Crippen LogP contribution in [0.25, 0.3) is 11.1 Å². The Morgan fingerprint density at radius 3 is 2.42 bits per heavy atom. The van der Waals surface area contributed by atoms with Gasteiger partial charge < -0.3 is 9.64 Å². The van der Waals surface area contributed by atoms with Gasteiger partial charge in [0.25, 0.3) is 5.91 Å². The van der Waals surface area contributed by atoms with Crippen LogP contribution in [0.15, 0.2) is 66.0 Å². The number of hydrogen-bond donors (Lipinski definition) is 0. The summed E-state index contributed by atoms with van der Waals surface area (Å²) in [6, 6.07) is 19.8. The van der Waals surface area contributed by atoms with Crippen LogP contribution in [0, 0.1) is 0 Å². The highest BCUT2D eigenvalue weighted by molar-refractivity contribution is 7.12. The summed E-state index contributed by atoms with van der Waals surface area (Å²) in [5, 5.41) is 1.97. The molecule has 0 fully saturated rings. The van der Waals surface area contributed by atoms with Gasteiger partial charge in [-0.25, -0.2) is 0 Å². The topological polar surface area (TPSA) is 29.5 Å². The lowest BCUT2D eigenvalue weighted by atomic mass is 10.1. The highest BCUT2D eigenvalue weighted by atomic mass is 32.1.